The van der Waals surface area contributed by atoms with Gasteiger partial charge in [-0.05, 0) is 36.3 Å². The summed E-state index contributed by atoms with van der Waals surface area (Å²) in [5.41, 5.74) is 3.96. The second kappa shape index (κ2) is 8.58. The van der Waals surface area contributed by atoms with Crippen LogP contribution in [-0.2, 0) is 0 Å². The number of rotatable bonds is 6. The van der Waals surface area contributed by atoms with E-state index in [-0.39, 0.29) is 0 Å². The molecule has 0 aliphatic carbocycles. The monoisotopic (exact) mass is 371 g/mol. The molecule has 0 saturated heterocycles. The van der Waals surface area contributed by atoms with E-state index < -0.39 is 0 Å². The number of aryl methyl sites for hydroxylation is 3. The van der Waals surface area contributed by atoms with Crippen LogP contribution >= 0.6 is 0 Å². The molecule has 0 aromatic heterocycles. The van der Waals surface area contributed by atoms with Crippen molar-refractivity contribution in [2.24, 2.45) is 0 Å². The van der Waals surface area contributed by atoms with Crippen molar-refractivity contribution >= 4 is 44.6 Å². The van der Waals surface area contributed by atoms with E-state index in [4.69, 9.17) is 0 Å². The van der Waals surface area contributed by atoms with E-state index in [0.29, 0.717) is 29.0 Å². The summed E-state index contributed by atoms with van der Waals surface area (Å²) in [4.78, 5) is 0. The van der Waals surface area contributed by atoms with E-state index in [1.807, 2.05) is 0 Å². The van der Waals surface area contributed by atoms with Crippen molar-refractivity contribution in [1.29, 1.82) is 0 Å². The molecule has 0 atom stereocenters. The van der Waals surface area contributed by atoms with Crippen LogP contribution < -0.4 is 15.6 Å². The molecule has 0 N–H and O–H groups in total. The van der Waals surface area contributed by atoms with Crippen LogP contribution in [0.25, 0.3) is 0 Å². The highest BCUT2D eigenvalue weighted by Crippen LogP contribution is 1.97. The van der Waals surface area contributed by atoms with Gasteiger partial charge in [-0.25, -0.2) is 0 Å². The van der Waals surface area contributed by atoms with Gasteiger partial charge in [-0.3, -0.25) is 0 Å². The Labute approximate surface area is 158 Å². The van der Waals surface area contributed by atoms with Crippen molar-refractivity contribution in [3.63, 3.8) is 0 Å². The first kappa shape index (κ1) is 18.1. The van der Waals surface area contributed by atoms with Crippen LogP contribution in [0, 0.1) is 20.8 Å². The molecule has 122 valence electrons. The van der Waals surface area contributed by atoms with Gasteiger partial charge in [-0.15, -0.1) is 0 Å². The molecule has 6 radical (unpaired) electrons. The van der Waals surface area contributed by atoms with Crippen molar-refractivity contribution in [2.45, 2.75) is 20.8 Å². The maximum atomic E-state index is 2.60. The molecule has 0 spiro atoms. The molecule has 0 saturated carbocycles. The number of benzene rings is 3. The summed E-state index contributed by atoms with van der Waals surface area (Å²) >= 11 is 0. The molecule has 3 rings (SSSR count). The van der Waals surface area contributed by atoms with Crippen LogP contribution in [0.2, 0.25) is 0 Å². The first-order chi connectivity index (χ1) is 12.1. The highest BCUT2D eigenvalue weighted by atomic mass is 28.4. The lowest BCUT2D eigenvalue weighted by molar-refractivity contribution is 1.12. The molecule has 0 bridgehead atoms. The fourth-order valence-electron chi connectivity index (χ4n) is 2.36. The van der Waals surface area contributed by atoms with Crippen LogP contribution in [0.5, 0.6) is 0 Å². The van der Waals surface area contributed by atoms with Crippen molar-refractivity contribution in [1.82, 2.24) is 3.90 Å². The summed E-state index contributed by atoms with van der Waals surface area (Å²) in [7, 11) is 2.09. The van der Waals surface area contributed by atoms with Gasteiger partial charge in [0.1, 0.15) is 0 Å². The minimum Gasteiger partial charge on any atom is -0.363 e. The molecule has 4 heteroatoms. The minimum atomic E-state index is 0.696. The summed E-state index contributed by atoms with van der Waals surface area (Å²) in [6.45, 7) is 6.44. The zero-order valence-corrected chi connectivity index (χ0v) is 17.9. The Hall–Kier alpha value is -1.73. The molecule has 3 aromatic rings. The third kappa shape index (κ3) is 5.64. The van der Waals surface area contributed by atoms with E-state index >= 15 is 0 Å². The van der Waals surface area contributed by atoms with Gasteiger partial charge in [-0.2, -0.15) is 0 Å². The lowest BCUT2D eigenvalue weighted by Crippen LogP contribution is -2.49. The van der Waals surface area contributed by atoms with Crippen molar-refractivity contribution in [3.05, 3.63) is 89.5 Å². The van der Waals surface area contributed by atoms with Crippen molar-refractivity contribution < 1.29 is 0 Å². The average molecular weight is 372 g/mol. The van der Waals surface area contributed by atoms with Gasteiger partial charge in [0.2, 0.25) is 0 Å². The maximum Gasteiger partial charge on any atom is 0.167 e. The van der Waals surface area contributed by atoms with E-state index in [0.717, 1.165) is 0 Å². The molecule has 3 aromatic carbocycles. The molecular weight excluding hydrogens is 350 g/mol. The van der Waals surface area contributed by atoms with Crippen LogP contribution in [0.4, 0.5) is 0 Å². The van der Waals surface area contributed by atoms with Gasteiger partial charge >= 0.3 is 0 Å². The summed E-state index contributed by atoms with van der Waals surface area (Å²) < 4.78 is 2.60. The molecular formula is C21H21NSi3. The lowest BCUT2D eigenvalue weighted by Gasteiger charge is -2.20. The first-order valence-corrected chi connectivity index (χ1v) is 11.2. The Bertz CT molecular complexity index is 683. The van der Waals surface area contributed by atoms with Crippen molar-refractivity contribution in [2.75, 3.05) is 0 Å². The van der Waals surface area contributed by atoms with E-state index in [9.17, 15) is 0 Å². The second-order valence-corrected chi connectivity index (χ2v) is 11.4. The van der Waals surface area contributed by atoms with Gasteiger partial charge in [-0.1, -0.05) is 89.5 Å². The fourth-order valence-corrected chi connectivity index (χ4v) is 7.07. The van der Waals surface area contributed by atoms with Gasteiger partial charge in [0.25, 0.3) is 0 Å². The standard InChI is InChI=1S/C21H21NSi3/c1-16-4-10-19(11-5-16)23-22(24-20-12-6-17(2)7-13-20)25-21-14-8-18(3)9-15-21/h4-15H,1-3H3. The molecule has 1 nitrogen and oxygen atoms in total. The predicted octanol–water partition coefficient (Wildman–Crippen LogP) is 2.05. The van der Waals surface area contributed by atoms with Gasteiger partial charge in [0, 0.05) is 0 Å². The quantitative estimate of drug-likeness (QED) is 0.600. The lowest BCUT2D eigenvalue weighted by atomic mass is 10.2. The molecule has 0 unspecified atom stereocenters. The fraction of sp³-hybridized carbons (Fsp3) is 0.143. The Morgan fingerprint density at radius 1 is 0.440 bits per heavy atom. The van der Waals surface area contributed by atoms with Gasteiger partial charge < -0.3 is 3.90 Å². The SMILES string of the molecule is Cc1ccc([Si]N([Si]c2ccc(C)cc2)[Si]c2ccc(C)cc2)cc1. The normalized spacial score (nSPS) is 11.0. The highest BCUT2D eigenvalue weighted by Gasteiger charge is 2.12. The highest BCUT2D eigenvalue weighted by molar-refractivity contribution is 6.79. The number of nitrogens with zero attached hydrogens (tertiary/aromatic N) is 1. The first-order valence-electron chi connectivity index (χ1n) is 8.38. The molecule has 0 aliphatic heterocycles. The zero-order valence-electron chi connectivity index (χ0n) is 14.9. The molecule has 0 heterocycles. The van der Waals surface area contributed by atoms with Crippen molar-refractivity contribution in [3.8, 4) is 0 Å². The molecule has 0 fully saturated rings. The summed E-state index contributed by atoms with van der Waals surface area (Å²) in [6.07, 6.45) is 0. The number of hydrogen-bond donors (Lipinski definition) is 0. The maximum absolute atomic E-state index is 2.60. The van der Waals surface area contributed by atoms with Gasteiger partial charge in [0.05, 0.1) is 0 Å². The second-order valence-electron chi connectivity index (χ2n) is 6.27. The molecule has 0 aliphatic rings. The predicted molar refractivity (Wildman–Crippen MR) is 112 cm³/mol. The molecule has 0 amide bonds. The Morgan fingerprint density at radius 3 is 0.920 bits per heavy atom. The Kier molecular flexibility index (Phi) is 6.20. The van der Waals surface area contributed by atoms with Gasteiger partial charge in [0.15, 0.2) is 29.0 Å². The van der Waals surface area contributed by atoms with E-state index in [2.05, 4.69) is 97.5 Å². The van der Waals surface area contributed by atoms with Crippen LogP contribution in [-0.4, -0.2) is 32.9 Å². The van der Waals surface area contributed by atoms with Crippen LogP contribution in [0.3, 0.4) is 0 Å². The van der Waals surface area contributed by atoms with Crippen LogP contribution in [0.1, 0.15) is 16.7 Å². The summed E-state index contributed by atoms with van der Waals surface area (Å²) in [5.74, 6) is 0. The average Bonchev–Trinajstić information content (AvgIpc) is 2.61. The third-order valence-corrected chi connectivity index (χ3v) is 8.34. The Morgan fingerprint density at radius 2 is 0.680 bits per heavy atom. The van der Waals surface area contributed by atoms with E-state index in [1.165, 1.54) is 32.3 Å². The topological polar surface area (TPSA) is 3.24 Å². The minimum absolute atomic E-state index is 0.696. The smallest absolute Gasteiger partial charge is 0.167 e. The number of hydrogen-bond acceptors (Lipinski definition) is 1. The van der Waals surface area contributed by atoms with E-state index in [1.54, 1.807) is 0 Å². The Balaban J connectivity index is 1.77. The summed E-state index contributed by atoms with van der Waals surface area (Å²) in [6, 6.07) is 26.9. The summed E-state index contributed by atoms with van der Waals surface area (Å²) in [5, 5.41) is 4.22. The van der Waals surface area contributed by atoms with Crippen LogP contribution in [0.15, 0.2) is 72.8 Å². The molecule has 25 heavy (non-hydrogen) atoms. The zero-order chi connectivity index (χ0) is 17.6. The third-order valence-electron chi connectivity index (χ3n) is 3.88. The largest absolute Gasteiger partial charge is 0.363 e.